The zero-order valence-corrected chi connectivity index (χ0v) is 12.9. The third-order valence-electron chi connectivity index (χ3n) is 3.04. The van der Waals surface area contributed by atoms with Crippen molar-refractivity contribution in [1.82, 2.24) is 0 Å². The summed E-state index contributed by atoms with van der Waals surface area (Å²) in [4.78, 5) is 22.7. The summed E-state index contributed by atoms with van der Waals surface area (Å²) in [5.74, 6) is 1.11. The number of anilines is 1. The minimum absolute atomic E-state index is 0.187. The highest BCUT2D eigenvalue weighted by Gasteiger charge is 2.09. The van der Waals surface area contributed by atoms with Crippen LogP contribution in [0.3, 0.4) is 0 Å². The van der Waals surface area contributed by atoms with Crippen molar-refractivity contribution in [2.45, 2.75) is 0 Å². The molecule has 0 aromatic heterocycles. The van der Waals surface area contributed by atoms with E-state index in [1.54, 1.807) is 49.6 Å². The second-order valence-corrected chi connectivity index (χ2v) is 4.60. The van der Waals surface area contributed by atoms with Crippen LogP contribution < -0.4 is 19.5 Å². The summed E-state index contributed by atoms with van der Waals surface area (Å²) < 4.78 is 15.7. The minimum Gasteiger partial charge on any atom is -0.497 e. The van der Waals surface area contributed by atoms with Crippen LogP contribution in [-0.4, -0.2) is 33.0 Å². The molecule has 6 nitrogen and oxygen atoms in total. The summed E-state index contributed by atoms with van der Waals surface area (Å²) in [7, 11) is 3.02. The molecule has 0 aliphatic heterocycles. The van der Waals surface area contributed by atoms with Gasteiger partial charge in [-0.05, 0) is 30.3 Å². The molecule has 0 aliphatic rings. The second kappa shape index (κ2) is 7.84. The van der Waals surface area contributed by atoms with Crippen LogP contribution in [0.4, 0.5) is 5.69 Å². The molecule has 0 saturated heterocycles. The van der Waals surface area contributed by atoms with E-state index in [1.165, 1.54) is 7.11 Å². The number of amides is 1. The van der Waals surface area contributed by atoms with Crippen molar-refractivity contribution in [3.8, 4) is 17.2 Å². The predicted octanol–water partition coefficient (Wildman–Crippen LogP) is 2.53. The molecule has 0 bridgehead atoms. The quantitative estimate of drug-likeness (QED) is 0.795. The van der Waals surface area contributed by atoms with E-state index in [9.17, 15) is 9.59 Å². The van der Waals surface area contributed by atoms with Crippen LogP contribution in [0.2, 0.25) is 0 Å². The largest absolute Gasteiger partial charge is 0.497 e. The molecule has 2 aromatic rings. The minimum atomic E-state index is -0.320. The number of hydrogen-bond donors (Lipinski definition) is 1. The van der Waals surface area contributed by atoms with Gasteiger partial charge in [0.05, 0.1) is 14.2 Å². The van der Waals surface area contributed by atoms with E-state index < -0.39 is 0 Å². The molecule has 1 N–H and O–H groups in total. The standard InChI is InChI=1S/C17H17NO5/c1-21-14-5-3-4-13(9-14)18-17(20)11-23-15-7-6-12(10-19)8-16(15)22-2/h3-10H,11H2,1-2H3,(H,18,20). The molecule has 0 heterocycles. The van der Waals surface area contributed by atoms with Gasteiger partial charge in [-0.15, -0.1) is 0 Å². The number of methoxy groups -OCH3 is 2. The maximum Gasteiger partial charge on any atom is 0.262 e. The van der Waals surface area contributed by atoms with Crippen molar-refractivity contribution < 1.29 is 23.8 Å². The Hall–Kier alpha value is -3.02. The van der Waals surface area contributed by atoms with Gasteiger partial charge >= 0.3 is 0 Å². The molecule has 0 atom stereocenters. The molecular weight excluding hydrogens is 298 g/mol. The van der Waals surface area contributed by atoms with Crippen LogP contribution in [0.25, 0.3) is 0 Å². The molecule has 6 heteroatoms. The lowest BCUT2D eigenvalue weighted by Gasteiger charge is -2.11. The van der Waals surface area contributed by atoms with E-state index in [0.29, 0.717) is 34.8 Å². The Labute approximate surface area is 134 Å². The van der Waals surface area contributed by atoms with E-state index in [2.05, 4.69) is 5.32 Å². The Kier molecular flexibility index (Phi) is 5.57. The molecule has 2 rings (SSSR count). The monoisotopic (exact) mass is 315 g/mol. The number of aldehydes is 1. The van der Waals surface area contributed by atoms with Crippen molar-refractivity contribution >= 4 is 17.9 Å². The topological polar surface area (TPSA) is 73.9 Å². The first kappa shape index (κ1) is 16.4. The Morgan fingerprint density at radius 1 is 1.09 bits per heavy atom. The number of nitrogens with one attached hydrogen (secondary N) is 1. The molecule has 2 aromatic carbocycles. The van der Waals surface area contributed by atoms with Crippen molar-refractivity contribution in [3.63, 3.8) is 0 Å². The lowest BCUT2D eigenvalue weighted by Crippen LogP contribution is -2.20. The van der Waals surface area contributed by atoms with Gasteiger partial charge in [0.25, 0.3) is 5.91 Å². The first-order chi connectivity index (χ1) is 11.2. The molecule has 1 amide bonds. The zero-order chi connectivity index (χ0) is 16.7. The van der Waals surface area contributed by atoms with Crippen molar-refractivity contribution in [3.05, 3.63) is 48.0 Å². The van der Waals surface area contributed by atoms with Gasteiger partial charge in [0.2, 0.25) is 0 Å². The smallest absolute Gasteiger partial charge is 0.262 e. The lowest BCUT2D eigenvalue weighted by molar-refractivity contribution is -0.118. The number of benzene rings is 2. The predicted molar refractivity (Wildman–Crippen MR) is 85.5 cm³/mol. The third kappa shape index (κ3) is 4.47. The van der Waals surface area contributed by atoms with Gasteiger partial charge in [0.1, 0.15) is 12.0 Å². The average molecular weight is 315 g/mol. The fourth-order valence-corrected chi connectivity index (χ4v) is 1.92. The fraction of sp³-hybridized carbons (Fsp3) is 0.176. The van der Waals surface area contributed by atoms with Crippen LogP contribution in [0.1, 0.15) is 10.4 Å². The number of ether oxygens (including phenoxy) is 3. The SMILES string of the molecule is COc1cccc(NC(=O)COc2ccc(C=O)cc2OC)c1. The maximum atomic E-state index is 11.9. The van der Waals surface area contributed by atoms with E-state index >= 15 is 0 Å². The average Bonchev–Trinajstić information content (AvgIpc) is 2.59. The summed E-state index contributed by atoms with van der Waals surface area (Å²) in [5, 5.41) is 2.71. The van der Waals surface area contributed by atoms with Gasteiger partial charge in [-0.1, -0.05) is 6.07 Å². The van der Waals surface area contributed by atoms with E-state index in [-0.39, 0.29) is 12.5 Å². The van der Waals surface area contributed by atoms with Crippen LogP contribution in [0, 0.1) is 0 Å². The summed E-state index contributed by atoms with van der Waals surface area (Å²) in [6, 6.07) is 11.7. The number of rotatable bonds is 7. The first-order valence-electron chi connectivity index (χ1n) is 6.86. The number of carbonyl (C=O) groups excluding carboxylic acids is 2. The zero-order valence-electron chi connectivity index (χ0n) is 12.9. The Morgan fingerprint density at radius 3 is 2.61 bits per heavy atom. The molecule has 23 heavy (non-hydrogen) atoms. The molecule has 0 unspecified atom stereocenters. The molecule has 0 saturated carbocycles. The third-order valence-corrected chi connectivity index (χ3v) is 3.04. The summed E-state index contributed by atoms with van der Waals surface area (Å²) in [6.07, 6.45) is 0.710. The van der Waals surface area contributed by atoms with Gasteiger partial charge < -0.3 is 19.5 Å². The summed E-state index contributed by atoms with van der Waals surface area (Å²) in [6.45, 7) is -0.187. The van der Waals surface area contributed by atoms with E-state index in [1.807, 2.05) is 0 Å². The molecule has 0 aliphatic carbocycles. The van der Waals surface area contributed by atoms with E-state index in [0.717, 1.165) is 0 Å². The van der Waals surface area contributed by atoms with Gasteiger partial charge in [-0.25, -0.2) is 0 Å². The summed E-state index contributed by atoms with van der Waals surface area (Å²) in [5.41, 5.74) is 1.08. The second-order valence-electron chi connectivity index (χ2n) is 4.60. The maximum absolute atomic E-state index is 11.9. The van der Waals surface area contributed by atoms with Crippen LogP contribution in [-0.2, 0) is 4.79 Å². The highest BCUT2D eigenvalue weighted by molar-refractivity contribution is 5.92. The van der Waals surface area contributed by atoms with Gasteiger partial charge in [0.15, 0.2) is 18.1 Å². The van der Waals surface area contributed by atoms with E-state index in [4.69, 9.17) is 14.2 Å². The molecule has 0 radical (unpaired) electrons. The van der Waals surface area contributed by atoms with Gasteiger partial charge in [-0.2, -0.15) is 0 Å². The van der Waals surface area contributed by atoms with Crippen molar-refractivity contribution in [2.24, 2.45) is 0 Å². The van der Waals surface area contributed by atoms with Crippen LogP contribution >= 0.6 is 0 Å². The van der Waals surface area contributed by atoms with Crippen LogP contribution in [0.5, 0.6) is 17.2 Å². The fourth-order valence-electron chi connectivity index (χ4n) is 1.92. The normalized spacial score (nSPS) is 9.83. The number of carbonyl (C=O) groups is 2. The Balaban J connectivity index is 1.97. The highest BCUT2D eigenvalue weighted by atomic mass is 16.5. The first-order valence-corrected chi connectivity index (χ1v) is 6.86. The summed E-state index contributed by atoms with van der Waals surface area (Å²) >= 11 is 0. The Bertz CT molecular complexity index is 699. The molecule has 120 valence electrons. The molecule has 0 fully saturated rings. The van der Waals surface area contributed by atoms with Crippen molar-refractivity contribution in [2.75, 3.05) is 26.1 Å². The van der Waals surface area contributed by atoms with Crippen molar-refractivity contribution in [1.29, 1.82) is 0 Å². The van der Waals surface area contributed by atoms with Gasteiger partial charge in [-0.3, -0.25) is 9.59 Å². The highest BCUT2D eigenvalue weighted by Crippen LogP contribution is 2.27. The number of hydrogen-bond acceptors (Lipinski definition) is 5. The van der Waals surface area contributed by atoms with Crippen LogP contribution in [0.15, 0.2) is 42.5 Å². The molecule has 0 spiro atoms. The van der Waals surface area contributed by atoms with Gasteiger partial charge in [0, 0.05) is 17.3 Å². The Morgan fingerprint density at radius 2 is 1.91 bits per heavy atom. The molecular formula is C17H17NO5. The lowest BCUT2D eigenvalue weighted by atomic mass is 10.2.